The van der Waals surface area contributed by atoms with Gasteiger partial charge in [-0.1, -0.05) is 6.07 Å². The number of carboxylic acids is 1. The van der Waals surface area contributed by atoms with E-state index in [1.54, 1.807) is 12.1 Å². The number of methoxy groups -OCH3 is 3. The van der Waals surface area contributed by atoms with E-state index in [1.165, 1.54) is 21.3 Å². The minimum atomic E-state index is -0.931. The first kappa shape index (κ1) is 18.3. The molecular weight excluding hydrogens is 286 g/mol. The molecule has 0 fully saturated rings. The lowest BCUT2D eigenvalue weighted by Crippen LogP contribution is -2.25. The van der Waals surface area contributed by atoms with E-state index in [9.17, 15) is 4.79 Å². The van der Waals surface area contributed by atoms with Gasteiger partial charge in [0.05, 0.1) is 27.2 Å². The normalized spacial score (nSPS) is 11.2. The zero-order valence-electron chi connectivity index (χ0n) is 11.7. The highest BCUT2D eigenvalue weighted by Crippen LogP contribution is 2.40. The highest BCUT2D eigenvalue weighted by atomic mass is 35.5. The van der Waals surface area contributed by atoms with Crippen molar-refractivity contribution in [2.45, 2.75) is 6.42 Å². The summed E-state index contributed by atoms with van der Waals surface area (Å²) >= 11 is 0. The van der Waals surface area contributed by atoms with Gasteiger partial charge in [0.2, 0.25) is 5.75 Å². The number of aliphatic carboxylic acids is 1. The second-order valence-electron chi connectivity index (χ2n) is 3.97. The zero-order chi connectivity index (χ0) is 14.4. The first-order valence-corrected chi connectivity index (χ1v) is 5.79. The molecule has 0 unspecified atom stereocenters. The number of benzene rings is 1. The summed E-state index contributed by atoms with van der Waals surface area (Å²) in [5.74, 6) is -0.140. The van der Waals surface area contributed by atoms with Crippen molar-refractivity contribution in [1.29, 1.82) is 0 Å². The number of hydrogen-bond acceptors (Lipinski definition) is 5. The van der Waals surface area contributed by atoms with Crippen LogP contribution in [0.3, 0.4) is 0 Å². The van der Waals surface area contributed by atoms with Crippen LogP contribution in [0.1, 0.15) is 5.56 Å². The van der Waals surface area contributed by atoms with Crippen LogP contribution in [-0.2, 0) is 11.2 Å². The lowest BCUT2D eigenvalue weighted by atomic mass is 9.98. The van der Waals surface area contributed by atoms with Crippen LogP contribution in [0, 0.1) is 5.92 Å². The van der Waals surface area contributed by atoms with E-state index < -0.39 is 11.9 Å². The minimum absolute atomic E-state index is 0. The molecule has 6 nitrogen and oxygen atoms in total. The van der Waals surface area contributed by atoms with Gasteiger partial charge in [0, 0.05) is 6.54 Å². The van der Waals surface area contributed by atoms with Crippen molar-refractivity contribution in [3.63, 3.8) is 0 Å². The molecule has 0 aliphatic carbocycles. The summed E-state index contributed by atoms with van der Waals surface area (Å²) in [4.78, 5) is 11.0. The second kappa shape index (κ2) is 8.50. The van der Waals surface area contributed by atoms with E-state index >= 15 is 0 Å². The number of carbonyl (C=O) groups is 1. The fourth-order valence-corrected chi connectivity index (χ4v) is 1.86. The number of hydrogen-bond donors (Lipinski definition) is 2. The molecule has 114 valence electrons. The number of ether oxygens (including phenoxy) is 3. The number of nitrogens with two attached hydrogens (primary N) is 1. The van der Waals surface area contributed by atoms with Gasteiger partial charge in [0.25, 0.3) is 0 Å². The van der Waals surface area contributed by atoms with Gasteiger partial charge in [-0.05, 0) is 18.1 Å². The first-order valence-electron chi connectivity index (χ1n) is 5.79. The average molecular weight is 306 g/mol. The summed E-state index contributed by atoms with van der Waals surface area (Å²) in [7, 11) is 4.53. The molecule has 0 aromatic heterocycles. The molecule has 7 heteroatoms. The van der Waals surface area contributed by atoms with Crippen molar-refractivity contribution < 1.29 is 24.1 Å². The Hall–Kier alpha value is -1.66. The molecule has 1 aromatic rings. The Kier molecular flexibility index (Phi) is 7.79. The maximum absolute atomic E-state index is 11.0. The van der Waals surface area contributed by atoms with E-state index in [1.807, 2.05) is 0 Å². The van der Waals surface area contributed by atoms with Gasteiger partial charge in [-0.3, -0.25) is 4.79 Å². The predicted molar refractivity (Wildman–Crippen MR) is 77.2 cm³/mol. The average Bonchev–Trinajstić information content (AvgIpc) is 2.42. The SMILES string of the molecule is COc1ccc(C[C@@H](CN)C(=O)O)c(OC)c1OC.Cl. The maximum Gasteiger partial charge on any atom is 0.308 e. The van der Waals surface area contributed by atoms with Gasteiger partial charge in [-0.15, -0.1) is 12.4 Å². The smallest absolute Gasteiger partial charge is 0.308 e. The van der Waals surface area contributed by atoms with E-state index in [2.05, 4.69) is 0 Å². The molecule has 0 aliphatic heterocycles. The molecule has 1 atom stereocenters. The molecule has 0 heterocycles. The summed E-state index contributed by atoms with van der Waals surface area (Å²) < 4.78 is 15.7. The van der Waals surface area contributed by atoms with Crippen molar-refractivity contribution in [2.24, 2.45) is 11.7 Å². The molecule has 0 saturated heterocycles. The van der Waals surface area contributed by atoms with E-state index in [4.69, 9.17) is 25.1 Å². The summed E-state index contributed by atoms with van der Waals surface area (Å²) in [6.45, 7) is 0.0623. The Morgan fingerprint density at radius 2 is 1.80 bits per heavy atom. The molecule has 1 aromatic carbocycles. The van der Waals surface area contributed by atoms with E-state index in [-0.39, 0.29) is 25.4 Å². The molecule has 0 spiro atoms. The molecule has 0 saturated carbocycles. The summed E-state index contributed by atoms with van der Waals surface area (Å²) in [5.41, 5.74) is 6.18. The highest BCUT2D eigenvalue weighted by molar-refractivity contribution is 5.85. The van der Waals surface area contributed by atoms with Crippen LogP contribution in [0.5, 0.6) is 17.2 Å². The molecular formula is C13H20ClNO5. The van der Waals surface area contributed by atoms with E-state index in [0.29, 0.717) is 17.2 Å². The molecule has 0 bridgehead atoms. The molecule has 20 heavy (non-hydrogen) atoms. The van der Waals surface area contributed by atoms with Gasteiger partial charge in [0.1, 0.15) is 0 Å². The number of halogens is 1. The Morgan fingerprint density at radius 1 is 1.20 bits per heavy atom. The first-order chi connectivity index (χ1) is 9.08. The van der Waals surface area contributed by atoms with Crippen LogP contribution >= 0.6 is 12.4 Å². The summed E-state index contributed by atoms with van der Waals surface area (Å²) in [6.07, 6.45) is 0.273. The quantitative estimate of drug-likeness (QED) is 0.790. The van der Waals surface area contributed by atoms with Crippen LogP contribution in [-0.4, -0.2) is 38.9 Å². The topological polar surface area (TPSA) is 91.0 Å². The Labute approximate surface area is 124 Å². The van der Waals surface area contributed by atoms with Gasteiger partial charge in [0.15, 0.2) is 11.5 Å². The molecule has 0 radical (unpaired) electrons. The summed E-state index contributed by atoms with van der Waals surface area (Å²) in [6, 6.07) is 3.47. The van der Waals surface area contributed by atoms with Crippen molar-refractivity contribution in [3.05, 3.63) is 17.7 Å². The maximum atomic E-state index is 11.0. The van der Waals surface area contributed by atoms with Crippen LogP contribution in [0.4, 0.5) is 0 Å². The van der Waals surface area contributed by atoms with Crippen molar-refractivity contribution >= 4 is 18.4 Å². The van der Waals surface area contributed by atoms with Crippen LogP contribution in [0.25, 0.3) is 0 Å². The van der Waals surface area contributed by atoms with Gasteiger partial charge >= 0.3 is 5.97 Å². The van der Waals surface area contributed by atoms with Gasteiger partial charge < -0.3 is 25.1 Å². The van der Waals surface area contributed by atoms with E-state index in [0.717, 1.165) is 5.56 Å². The third kappa shape index (κ3) is 3.91. The van der Waals surface area contributed by atoms with Crippen LogP contribution in [0.15, 0.2) is 12.1 Å². The molecule has 0 amide bonds. The number of rotatable bonds is 7. The Bertz CT molecular complexity index is 453. The monoisotopic (exact) mass is 305 g/mol. The Morgan fingerprint density at radius 3 is 2.20 bits per heavy atom. The van der Waals surface area contributed by atoms with Gasteiger partial charge in [-0.2, -0.15) is 0 Å². The minimum Gasteiger partial charge on any atom is -0.493 e. The second-order valence-corrected chi connectivity index (χ2v) is 3.97. The molecule has 0 aliphatic rings. The van der Waals surface area contributed by atoms with Crippen molar-refractivity contribution in [3.8, 4) is 17.2 Å². The van der Waals surface area contributed by atoms with Crippen LogP contribution < -0.4 is 19.9 Å². The lowest BCUT2D eigenvalue weighted by molar-refractivity contribution is -0.141. The molecule has 3 N–H and O–H groups in total. The predicted octanol–water partition coefficient (Wildman–Crippen LogP) is 1.34. The standard InChI is InChI=1S/C13H19NO5.ClH/c1-17-10-5-4-8(6-9(7-14)13(15)16)11(18-2)12(10)19-3;/h4-5,9H,6-7,14H2,1-3H3,(H,15,16);1H/t9-;/m0./s1. The number of carboxylic acid groups (broad SMARTS) is 1. The third-order valence-electron chi connectivity index (χ3n) is 2.89. The lowest BCUT2D eigenvalue weighted by Gasteiger charge is -2.17. The largest absolute Gasteiger partial charge is 0.493 e. The third-order valence-corrected chi connectivity index (χ3v) is 2.89. The van der Waals surface area contributed by atoms with Crippen molar-refractivity contribution in [1.82, 2.24) is 0 Å². The Balaban J connectivity index is 0.00000361. The fraction of sp³-hybridized carbons (Fsp3) is 0.462. The summed E-state index contributed by atoms with van der Waals surface area (Å²) in [5, 5.41) is 9.05. The van der Waals surface area contributed by atoms with Gasteiger partial charge in [-0.25, -0.2) is 0 Å². The zero-order valence-corrected chi connectivity index (χ0v) is 12.5. The fourth-order valence-electron chi connectivity index (χ4n) is 1.86. The van der Waals surface area contributed by atoms with Crippen molar-refractivity contribution in [2.75, 3.05) is 27.9 Å². The highest BCUT2D eigenvalue weighted by Gasteiger charge is 2.21. The molecule has 1 rings (SSSR count). The van der Waals surface area contributed by atoms with Crippen LogP contribution in [0.2, 0.25) is 0 Å².